The van der Waals surface area contributed by atoms with Gasteiger partial charge in [0, 0.05) is 31.6 Å². The normalized spacial score (nSPS) is 20.4. The van der Waals surface area contributed by atoms with E-state index in [2.05, 4.69) is 64.9 Å². The van der Waals surface area contributed by atoms with Crippen molar-refractivity contribution < 1.29 is 4.79 Å². The second-order valence-corrected chi connectivity index (χ2v) is 8.23. The van der Waals surface area contributed by atoms with E-state index in [1.54, 1.807) is 0 Å². The summed E-state index contributed by atoms with van der Waals surface area (Å²) in [6.45, 7) is 5.18. The number of rotatable bonds is 5. The van der Waals surface area contributed by atoms with Crippen molar-refractivity contribution in [3.8, 4) is 0 Å². The molecule has 2 aromatic rings. The summed E-state index contributed by atoms with van der Waals surface area (Å²) in [5.74, 6) is 1.46. The Morgan fingerprint density at radius 1 is 1.10 bits per heavy atom. The van der Waals surface area contributed by atoms with Crippen molar-refractivity contribution in [2.75, 3.05) is 19.6 Å². The van der Waals surface area contributed by atoms with Gasteiger partial charge in [-0.2, -0.15) is 0 Å². The summed E-state index contributed by atoms with van der Waals surface area (Å²) in [5.41, 5.74) is 1.23. The minimum absolute atomic E-state index is 0.266. The van der Waals surface area contributed by atoms with E-state index in [0.717, 1.165) is 44.9 Å². The lowest BCUT2D eigenvalue weighted by atomic mass is 10.1. The average Bonchev–Trinajstić information content (AvgIpc) is 3.44. The Hall–Kier alpha value is -2.56. The fourth-order valence-electron chi connectivity index (χ4n) is 4.62. The Kier molecular flexibility index (Phi) is 6.33. The molecule has 1 saturated heterocycles. The number of aliphatic imine (C=N–C) groups is 1. The van der Waals surface area contributed by atoms with Crippen molar-refractivity contribution in [1.82, 2.24) is 15.5 Å². The fourth-order valence-corrected chi connectivity index (χ4v) is 4.62. The molecular weight excluding hydrogens is 360 g/mol. The highest BCUT2D eigenvalue weighted by atomic mass is 16.2. The Morgan fingerprint density at radius 2 is 1.90 bits per heavy atom. The maximum atomic E-state index is 12.7. The third-order valence-electron chi connectivity index (χ3n) is 6.18. The number of fused-ring (bicyclic) bond motifs is 1. The summed E-state index contributed by atoms with van der Waals surface area (Å²) in [7, 11) is 0. The quantitative estimate of drug-likeness (QED) is 0.603. The Labute approximate surface area is 173 Å². The van der Waals surface area contributed by atoms with Crippen molar-refractivity contribution in [3.05, 3.63) is 48.0 Å². The Balaban J connectivity index is 1.39. The van der Waals surface area contributed by atoms with Crippen molar-refractivity contribution in [2.45, 2.75) is 51.6 Å². The third-order valence-corrected chi connectivity index (χ3v) is 6.18. The van der Waals surface area contributed by atoms with Gasteiger partial charge in [-0.25, -0.2) is 4.99 Å². The van der Waals surface area contributed by atoms with Gasteiger partial charge in [0.15, 0.2) is 5.96 Å². The number of guanidine groups is 1. The van der Waals surface area contributed by atoms with Crippen molar-refractivity contribution in [3.63, 3.8) is 0 Å². The molecule has 4 rings (SSSR count). The zero-order valence-electron chi connectivity index (χ0n) is 17.4. The van der Waals surface area contributed by atoms with Crippen LogP contribution in [0.4, 0.5) is 0 Å². The largest absolute Gasteiger partial charge is 0.357 e. The highest BCUT2D eigenvalue weighted by molar-refractivity contribution is 5.86. The molecule has 1 atom stereocenters. The van der Waals surface area contributed by atoms with Crippen LogP contribution >= 0.6 is 0 Å². The summed E-state index contributed by atoms with van der Waals surface area (Å²) in [5, 5.41) is 9.42. The zero-order chi connectivity index (χ0) is 20.1. The van der Waals surface area contributed by atoms with E-state index in [1.807, 2.05) is 0 Å². The first-order valence-corrected chi connectivity index (χ1v) is 11.0. The van der Waals surface area contributed by atoms with E-state index in [9.17, 15) is 4.79 Å². The Bertz CT molecular complexity index is 867. The number of hydrogen-bond acceptors (Lipinski definition) is 2. The number of carbonyl (C=O) groups is 1. The summed E-state index contributed by atoms with van der Waals surface area (Å²) in [6.07, 6.45) is 5.54. The molecule has 29 heavy (non-hydrogen) atoms. The predicted octanol–water partition coefficient (Wildman–Crippen LogP) is 3.69. The van der Waals surface area contributed by atoms with Gasteiger partial charge in [0.05, 0.1) is 6.54 Å². The van der Waals surface area contributed by atoms with E-state index in [1.165, 1.54) is 29.2 Å². The SMILES string of the molecule is CCNC(=NCc1cccc2ccccc12)NC1CCN(C(=O)C2CCCC2)C1. The molecule has 1 saturated carbocycles. The van der Waals surface area contributed by atoms with Gasteiger partial charge in [-0.1, -0.05) is 55.3 Å². The molecule has 0 aromatic heterocycles. The molecular formula is C24H32N4O. The molecule has 5 heteroatoms. The van der Waals surface area contributed by atoms with E-state index < -0.39 is 0 Å². The highest BCUT2D eigenvalue weighted by Gasteiger charge is 2.32. The van der Waals surface area contributed by atoms with Gasteiger partial charge in [-0.3, -0.25) is 4.79 Å². The lowest BCUT2D eigenvalue weighted by Gasteiger charge is -2.21. The number of likely N-dealkylation sites (tertiary alicyclic amines) is 1. The summed E-state index contributed by atoms with van der Waals surface area (Å²) >= 11 is 0. The van der Waals surface area contributed by atoms with Crippen molar-refractivity contribution in [1.29, 1.82) is 0 Å². The van der Waals surface area contributed by atoms with Gasteiger partial charge in [0.2, 0.25) is 5.91 Å². The molecule has 2 aliphatic rings. The molecule has 1 amide bonds. The lowest BCUT2D eigenvalue weighted by Crippen LogP contribution is -2.45. The fraction of sp³-hybridized carbons (Fsp3) is 0.500. The minimum atomic E-state index is 0.266. The first kappa shape index (κ1) is 19.7. The van der Waals surface area contributed by atoms with Crippen LogP contribution in [0.2, 0.25) is 0 Å². The topological polar surface area (TPSA) is 56.7 Å². The van der Waals surface area contributed by atoms with Crippen LogP contribution in [0, 0.1) is 5.92 Å². The third kappa shape index (κ3) is 4.72. The van der Waals surface area contributed by atoms with Gasteiger partial charge < -0.3 is 15.5 Å². The standard InChI is InChI=1S/C24H32N4O/c1-2-25-24(26-16-20-12-7-11-18-8-5-6-13-22(18)20)27-21-14-15-28(17-21)23(29)19-9-3-4-10-19/h5-8,11-13,19,21H,2-4,9-10,14-17H2,1H3,(H2,25,26,27). The molecule has 154 valence electrons. The Morgan fingerprint density at radius 3 is 2.72 bits per heavy atom. The number of amides is 1. The molecule has 2 N–H and O–H groups in total. The zero-order valence-corrected chi connectivity index (χ0v) is 17.4. The van der Waals surface area contributed by atoms with Gasteiger partial charge in [-0.05, 0) is 42.5 Å². The summed E-state index contributed by atoms with van der Waals surface area (Å²) in [4.78, 5) is 19.6. The second kappa shape index (κ2) is 9.29. The predicted molar refractivity (Wildman–Crippen MR) is 119 cm³/mol. The monoisotopic (exact) mass is 392 g/mol. The number of benzene rings is 2. The number of hydrogen-bond donors (Lipinski definition) is 2. The van der Waals surface area contributed by atoms with Crippen LogP contribution in [-0.2, 0) is 11.3 Å². The molecule has 1 unspecified atom stereocenters. The van der Waals surface area contributed by atoms with Crippen LogP contribution < -0.4 is 10.6 Å². The van der Waals surface area contributed by atoms with Crippen LogP contribution in [0.3, 0.4) is 0 Å². The van der Waals surface area contributed by atoms with Gasteiger partial charge in [0.1, 0.15) is 0 Å². The molecule has 5 nitrogen and oxygen atoms in total. The van der Waals surface area contributed by atoms with Crippen LogP contribution in [0.5, 0.6) is 0 Å². The van der Waals surface area contributed by atoms with E-state index >= 15 is 0 Å². The molecule has 1 heterocycles. The summed E-state index contributed by atoms with van der Waals surface area (Å²) < 4.78 is 0. The van der Waals surface area contributed by atoms with Gasteiger partial charge >= 0.3 is 0 Å². The molecule has 2 aromatic carbocycles. The number of nitrogens with zero attached hydrogens (tertiary/aromatic N) is 2. The van der Waals surface area contributed by atoms with Crippen LogP contribution in [0.25, 0.3) is 10.8 Å². The van der Waals surface area contributed by atoms with Crippen LogP contribution in [0.1, 0.15) is 44.6 Å². The molecule has 2 fully saturated rings. The number of carbonyl (C=O) groups excluding carboxylic acids is 1. The van der Waals surface area contributed by atoms with E-state index in [0.29, 0.717) is 12.5 Å². The van der Waals surface area contributed by atoms with Crippen LogP contribution in [0.15, 0.2) is 47.5 Å². The first-order valence-electron chi connectivity index (χ1n) is 11.0. The van der Waals surface area contributed by atoms with E-state index in [-0.39, 0.29) is 12.0 Å². The number of nitrogens with one attached hydrogen (secondary N) is 2. The average molecular weight is 393 g/mol. The van der Waals surface area contributed by atoms with E-state index in [4.69, 9.17) is 4.99 Å². The molecule has 0 bridgehead atoms. The van der Waals surface area contributed by atoms with Gasteiger partial charge in [0.25, 0.3) is 0 Å². The summed E-state index contributed by atoms with van der Waals surface area (Å²) in [6, 6.07) is 15.1. The lowest BCUT2D eigenvalue weighted by molar-refractivity contribution is -0.134. The molecule has 1 aliphatic heterocycles. The molecule has 0 spiro atoms. The van der Waals surface area contributed by atoms with Crippen molar-refractivity contribution in [2.24, 2.45) is 10.9 Å². The second-order valence-electron chi connectivity index (χ2n) is 8.23. The maximum absolute atomic E-state index is 12.7. The maximum Gasteiger partial charge on any atom is 0.225 e. The molecule has 0 radical (unpaired) electrons. The minimum Gasteiger partial charge on any atom is -0.357 e. The smallest absolute Gasteiger partial charge is 0.225 e. The molecule has 1 aliphatic carbocycles. The van der Waals surface area contributed by atoms with Crippen LogP contribution in [-0.4, -0.2) is 42.4 Å². The van der Waals surface area contributed by atoms with Gasteiger partial charge in [-0.15, -0.1) is 0 Å². The van der Waals surface area contributed by atoms with Crippen molar-refractivity contribution >= 4 is 22.6 Å². The highest BCUT2D eigenvalue weighted by Crippen LogP contribution is 2.28. The first-order chi connectivity index (χ1) is 14.2.